The fourth-order valence-corrected chi connectivity index (χ4v) is 6.90. The molecule has 0 aliphatic carbocycles. The van der Waals surface area contributed by atoms with Crippen LogP contribution in [0.4, 0.5) is 0 Å². The predicted molar refractivity (Wildman–Crippen MR) is 192 cm³/mol. The van der Waals surface area contributed by atoms with Gasteiger partial charge in [-0.25, -0.2) is 0 Å². The van der Waals surface area contributed by atoms with Crippen LogP contribution in [0.25, 0.3) is 0 Å². The maximum absolute atomic E-state index is 2.61. The smallest absolute Gasteiger partial charge is 0.127 e. The van der Waals surface area contributed by atoms with E-state index in [0.29, 0.717) is 6.17 Å². The molecular formula is C41H74N2. The molecule has 2 heteroatoms. The molecule has 0 amide bonds. The monoisotopic (exact) mass is 595 g/mol. The van der Waals surface area contributed by atoms with Crippen LogP contribution in [-0.2, 0) is 0 Å². The van der Waals surface area contributed by atoms with Gasteiger partial charge in [-0.3, -0.25) is 0 Å². The minimum absolute atomic E-state index is 0.394. The molecule has 0 aromatic heterocycles. The Morgan fingerprint density at radius 3 is 0.953 bits per heavy atom. The summed E-state index contributed by atoms with van der Waals surface area (Å²) < 4.78 is 0. The standard InChI is InChI=1S/C41H74N2/c1-3-5-7-9-11-13-15-17-18-19-20-22-24-26-28-33-37-43-39-38-42(41(43)40-34-30-29-31-35-40)36-32-27-25-23-21-16-14-12-10-8-6-4-2/h29-31,34-35,38-39,41H,3-28,32-33,36-37H2,1-2H3. The van der Waals surface area contributed by atoms with Crippen molar-refractivity contribution in [3.63, 3.8) is 0 Å². The van der Waals surface area contributed by atoms with Crippen molar-refractivity contribution in [3.8, 4) is 0 Å². The first-order valence-electron chi connectivity index (χ1n) is 19.6. The van der Waals surface area contributed by atoms with Crippen molar-refractivity contribution >= 4 is 0 Å². The summed E-state index contributed by atoms with van der Waals surface area (Å²) in [7, 11) is 0. The van der Waals surface area contributed by atoms with Crippen LogP contribution in [-0.4, -0.2) is 22.9 Å². The zero-order chi connectivity index (χ0) is 30.5. The van der Waals surface area contributed by atoms with Crippen molar-refractivity contribution in [1.29, 1.82) is 0 Å². The molecule has 248 valence electrons. The topological polar surface area (TPSA) is 6.48 Å². The van der Waals surface area contributed by atoms with Gasteiger partial charge in [0.05, 0.1) is 0 Å². The van der Waals surface area contributed by atoms with Crippen LogP contribution in [0, 0.1) is 0 Å². The molecule has 2 rings (SSSR count). The van der Waals surface area contributed by atoms with Crippen molar-refractivity contribution in [2.24, 2.45) is 0 Å². The Balaban J connectivity index is 1.49. The molecule has 1 heterocycles. The summed E-state index contributed by atoms with van der Waals surface area (Å²) in [6.45, 7) is 6.98. The van der Waals surface area contributed by atoms with Gasteiger partial charge in [0.25, 0.3) is 0 Å². The average molecular weight is 595 g/mol. The molecule has 0 bridgehead atoms. The van der Waals surface area contributed by atoms with E-state index in [1.165, 1.54) is 198 Å². The fraction of sp³-hybridized carbons (Fsp3) is 0.805. The first-order valence-corrected chi connectivity index (χ1v) is 19.6. The molecule has 0 fully saturated rings. The average Bonchev–Trinajstić information content (AvgIpc) is 3.44. The molecule has 0 saturated carbocycles. The van der Waals surface area contributed by atoms with E-state index in [-0.39, 0.29) is 0 Å². The van der Waals surface area contributed by atoms with Crippen molar-refractivity contribution in [1.82, 2.24) is 9.80 Å². The molecule has 1 aliphatic rings. The van der Waals surface area contributed by atoms with Crippen LogP contribution in [0.5, 0.6) is 0 Å². The molecule has 0 N–H and O–H groups in total. The van der Waals surface area contributed by atoms with Crippen LogP contribution in [0.15, 0.2) is 42.7 Å². The fourth-order valence-electron chi connectivity index (χ4n) is 6.90. The maximum Gasteiger partial charge on any atom is 0.127 e. The first-order chi connectivity index (χ1) is 21.4. The van der Waals surface area contributed by atoms with E-state index in [1.54, 1.807) is 0 Å². The molecule has 1 aromatic carbocycles. The summed E-state index contributed by atoms with van der Waals surface area (Å²) in [4.78, 5) is 5.22. The second kappa shape index (κ2) is 28.1. The first kappa shape index (κ1) is 37.7. The van der Waals surface area contributed by atoms with Gasteiger partial charge in [0, 0.05) is 25.5 Å². The lowest BCUT2D eigenvalue weighted by Crippen LogP contribution is -2.32. The minimum atomic E-state index is 0.394. The Labute approximate surface area is 270 Å². The van der Waals surface area contributed by atoms with Gasteiger partial charge in [-0.15, -0.1) is 0 Å². The van der Waals surface area contributed by atoms with Gasteiger partial charge in [0.2, 0.25) is 0 Å². The summed E-state index contributed by atoms with van der Waals surface area (Å²) >= 11 is 0. The normalized spacial score (nSPS) is 14.8. The summed E-state index contributed by atoms with van der Waals surface area (Å²) in [6.07, 6.45) is 45.1. The second-order valence-corrected chi connectivity index (χ2v) is 13.8. The Morgan fingerprint density at radius 2 is 0.651 bits per heavy atom. The van der Waals surface area contributed by atoms with E-state index in [1.807, 2.05) is 0 Å². The Morgan fingerprint density at radius 1 is 0.372 bits per heavy atom. The molecule has 0 radical (unpaired) electrons. The van der Waals surface area contributed by atoms with E-state index >= 15 is 0 Å². The predicted octanol–water partition coefficient (Wildman–Crippen LogP) is 13.7. The summed E-state index contributed by atoms with van der Waals surface area (Å²) in [5, 5.41) is 0. The highest BCUT2D eigenvalue weighted by Crippen LogP contribution is 2.31. The second-order valence-electron chi connectivity index (χ2n) is 13.8. The highest BCUT2D eigenvalue weighted by Gasteiger charge is 2.26. The third-order valence-electron chi connectivity index (χ3n) is 9.72. The van der Waals surface area contributed by atoms with E-state index in [4.69, 9.17) is 0 Å². The lowest BCUT2D eigenvalue weighted by molar-refractivity contribution is 0.149. The van der Waals surface area contributed by atoms with E-state index in [0.717, 1.165) is 0 Å². The van der Waals surface area contributed by atoms with Crippen molar-refractivity contribution in [2.75, 3.05) is 13.1 Å². The van der Waals surface area contributed by atoms with Gasteiger partial charge >= 0.3 is 0 Å². The van der Waals surface area contributed by atoms with E-state index in [2.05, 4.69) is 66.4 Å². The zero-order valence-electron chi connectivity index (χ0n) is 29.2. The molecule has 0 saturated heterocycles. The van der Waals surface area contributed by atoms with E-state index < -0.39 is 0 Å². The highest BCUT2D eigenvalue weighted by molar-refractivity contribution is 5.21. The largest absolute Gasteiger partial charge is 0.352 e. The van der Waals surface area contributed by atoms with Crippen LogP contribution in [0.2, 0.25) is 0 Å². The van der Waals surface area contributed by atoms with Gasteiger partial charge in [-0.2, -0.15) is 0 Å². The van der Waals surface area contributed by atoms with Crippen LogP contribution in [0.1, 0.15) is 205 Å². The summed E-state index contributed by atoms with van der Waals surface area (Å²) in [5.41, 5.74) is 1.45. The molecule has 43 heavy (non-hydrogen) atoms. The van der Waals surface area contributed by atoms with Crippen molar-refractivity contribution in [3.05, 3.63) is 48.3 Å². The maximum atomic E-state index is 2.61. The lowest BCUT2D eigenvalue weighted by atomic mass is 10.0. The van der Waals surface area contributed by atoms with Gasteiger partial charge in [-0.1, -0.05) is 211 Å². The van der Waals surface area contributed by atoms with Crippen LogP contribution in [0.3, 0.4) is 0 Å². The molecular weight excluding hydrogens is 520 g/mol. The van der Waals surface area contributed by atoms with Crippen molar-refractivity contribution in [2.45, 2.75) is 200 Å². The van der Waals surface area contributed by atoms with Crippen molar-refractivity contribution < 1.29 is 0 Å². The number of hydrogen-bond donors (Lipinski definition) is 0. The van der Waals surface area contributed by atoms with Gasteiger partial charge in [-0.05, 0) is 18.4 Å². The SMILES string of the molecule is CCCCCCCCCCCCCCCCCCN1C=CN(CCCCCCCCCCCCCC)C1c1ccccc1. The number of rotatable bonds is 31. The molecule has 1 aliphatic heterocycles. The Kier molecular flexibility index (Phi) is 24.6. The van der Waals surface area contributed by atoms with Gasteiger partial charge in [0.1, 0.15) is 6.17 Å². The molecule has 0 spiro atoms. The lowest BCUT2D eigenvalue weighted by Gasteiger charge is -2.33. The Hall–Kier alpha value is -1.44. The Bertz CT molecular complexity index is 728. The van der Waals surface area contributed by atoms with Gasteiger partial charge < -0.3 is 9.80 Å². The van der Waals surface area contributed by atoms with Crippen LogP contribution >= 0.6 is 0 Å². The summed E-state index contributed by atoms with van der Waals surface area (Å²) in [6, 6.07) is 11.2. The third-order valence-corrected chi connectivity index (χ3v) is 9.72. The zero-order valence-corrected chi connectivity index (χ0v) is 29.2. The summed E-state index contributed by atoms with van der Waals surface area (Å²) in [5.74, 6) is 0. The minimum Gasteiger partial charge on any atom is -0.352 e. The van der Waals surface area contributed by atoms with Crippen LogP contribution < -0.4 is 0 Å². The molecule has 1 atom stereocenters. The number of unbranched alkanes of at least 4 members (excludes halogenated alkanes) is 26. The van der Waals surface area contributed by atoms with E-state index in [9.17, 15) is 0 Å². The number of nitrogens with zero attached hydrogens (tertiary/aromatic N) is 2. The molecule has 2 nitrogen and oxygen atoms in total. The molecule has 1 aromatic rings. The quantitative estimate of drug-likeness (QED) is 0.0789. The van der Waals surface area contributed by atoms with Gasteiger partial charge in [0.15, 0.2) is 0 Å². The molecule has 1 unspecified atom stereocenters. The highest BCUT2D eigenvalue weighted by atomic mass is 15.4. The number of benzene rings is 1. The number of hydrogen-bond acceptors (Lipinski definition) is 2. The third kappa shape index (κ3) is 19.5.